The largest absolute Gasteiger partial charge is 0.359 e. The second-order valence-electron chi connectivity index (χ2n) is 6.55. The highest BCUT2D eigenvalue weighted by atomic mass is 35.5. The molecule has 1 aromatic carbocycles. The number of sulfonamides is 1. The first kappa shape index (κ1) is 20.9. The minimum absolute atomic E-state index is 0.0132. The van der Waals surface area contributed by atoms with Crippen molar-refractivity contribution in [3.8, 4) is 0 Å². The molecule has 26 heavy (non-hydrogen) atoms. The van der Waals surface area contributed by atoms with Crippen LogP contribution in [0.1, 0.15) is 55.3 Å². The first-order valence-electron chi connectivity index (χ1n) is 8.78. The zero-order valence-corrected chi connectivity index (χ0v) is 16.7. The van der Waals surface area contributed by atoms with E-state index in [0.717, 1.165) is 32.1 Å². The number of rotatable bonds is 7. The molecule has 8 heteroatoms. The van der Waals surface area contributed by atoms with Crippen LogP contribution in [0.15, 0.2) is 23.1 Å². The number of halogens is 1. The van der Waals surface area contributed by atoms with Crippen molar-refractivity contribution in [2.24, 2.45) is 0 Å². The van der Waals surface area contributed by atoms with E-state index in [0.29, 0.717) is 0 Å². The van der Waals surface area contributed by atoms with Gasteiger partial charge in [0.2, 0.25) is 15.9 Å². The molecule has 0 bridgehead atoms. The van der Waals surface area contributed by atoms with Crippen LogP contribution in [-0.2, 0) is 14.8 Å². The van der Waals surface area contributed by atoms with Crippen LogP contribution >= 0.6 is 11.6 Å². The van der Waals surface area contributed by atoms with Crippen molar-refractivity contribution >= 4 is 33.3 Å². The number of carbonyl (C=O) groups is 2. The minimum Gasteiger partial charge on any atom is -0.359 e. The summed E-state index contributed by atoms with van der Waals surface area (Å²) < 4.78 is 27.4. The molecule has 1 aromatic rings. The Morgan fingerprint density at radius 1 is 1.19 bits per heavy atom. The van der Waals surface area contributed by atoms with E-state index in [1.165, 1.54) is 29.6 Å². The molecule has 1 saturated carbocycles. The van der Waals surface area contributed by atoms with E-state index in [4.69, 9.17) is 11.6 Å². The van der Waals surface area contributed by atoms with Gasteiger partial charge in [0.15, 0.2) is 5.78 Å². The summed E-state index contributed by atoms with van der Waals surface area (Å²) in [5, 5.41) is 2.55. The van der Waals surface area contributed by atoms with E-state index in [1.54, 1.807) is 7.05 Å². The summed E-state index contributed by atoms with van der Waals surface area (Å²) in [5.41, 5.74) is 0.244. The summed E-state index contributed by atoms with van der Waals surface area (Å²) in [6.07, 6.45) is 4.88. The van der Waals surface area contributed by atoms with E-state index < -0.39 is 10.0 Å². The van der Waals surface area contributed by atoms with Gasteiger partial charge in [-0.05, 0) is 31.0 Å². The SMILES string of the molecule is CNC(=O)CCC(=O)c1ccc(Cl)c(S(=O)(=O)N(C)C2CCCCC2)c1. The lowest BCUT2D eigenvalue weighted by Gasteiger charge is -2.30. The van der Waals surface area contributed by atoms with Crippen molar-refractivity contribution in [3.63, 3.8) is 0 Å². The summed E-state index contributed by atoms with van der Waals surface area (Å²) in [6.45, 7) is 0. The molecule has 0 aromatic heterocycles. The first-order chi connectivity index (χ1) is 12.3. The number of carbonyl (C=O) groups excluding carboxylic acids is 2. The maximum Gasteiger partial charge on any atom is 0.244 e. The quantitative estimate of drug-likeness (QED) is 0.713. The number of amides is 1. The van der Waals surface area contributed by atoms with Gasteiger partial charge in [-0.3, -0.25) is 9.59 Å². The highest BCUT2D eigenvalue weighted by molar-refractivity contribution is 7.89. The van der Waals surface area contributed by atoms with Gasteiger partial charge in [0.25, 0.3) is 0 Å². The van der Waals surface area contributed by atoms with Crippen LogP contribution in [0.5, 0.6) is 0 Å². The van der Waals surface area contributed by atoms with E-state index in [9.17, 15) is 18.0 Å². The molecule has 1 fully saturated rings. The second kappa shape index (κ2) is 8.97. The van der Waals surface area contributed by atoms with Crippen LogP contribution in [0.4, 0.5) is 0 Å². The third kappa shape index (κ3) is 4.84. The van der Waals surface area contributed by atoms with Gasteiger partial charge < -0.3 is 5.32 Å². The lowest BCUT2D eigenvalue weighted by molar-refractivity contribution is -0.120. The Kier molecular flexibility index (Phi) is 7.20. The molecular formula is C18H25ClN2O4S. The van der Waals surface area contributed by atoms with Crippen molar-refractivity contribution < 1.29 is 18.0 Å². The average Bonchev–Trinajstić information content (AvgIpc) is 2.65. The van der Waals surface area contributed by atoms with E-state index in [1.807, 2.05) is 0 Å². The van der Waals surface area contributed by atoms with Gasteiger partial charge in [-0.15, -0.1) is 0 Å². The standard InChI is InChI=1S/C18H25ClN2O4S/c1-20-18(23)11-10-16(22)13-8-9-15(19)17(12-13)26(24,25)21(2)14-6-4-3-5-7-14/h8-9,12,14H,3-7,10-11H2,1-2H3,(H,20,23). The van der Waals surface area contributed by atoms with E-state index in [2.05, 4.69) is 5.32 Å². The molecule has 0 unspecified atom stereocenters. The molecule has 0 saturated heterocycles. The van der Waals surface area contributed by atoms with Crippen LogP contribution in [0.3, 0.4) is 0 Å². The van der Waals surface area contributed by atoms with Gasteiger partial charge in [0, 0.05) is 38.5 Å². The van der Waals surface area contributed by atoms with Crippen LogP contribution in [0, 0.1) is 0 Å². The van der Waals surface area contributed by atoms with Gasteiger partial charge in [-0.25, -0.2) is 8.42 Å². The highest BCUT2D eigenvalue weighted by Crippen LogP contribution is 2.30. The van der Waals surface area contributed by atoms with E-state index >= 15 is 0 Å². The van der Waals surface area contributed by atoms with Gasteiger partial charge in [0.05, 0.1) is 5.02 Å². The van der Waals surface area contributed by atoms with Crippen molar-refractivity contribution in [1.82, 2.24) is 9.62 Å². The molecule has 1 amide bonds. The third-order valence-corrected chi connectivity index (χ3v) is 7.25. The Hall–Kier alpha value is -1.44. The number of ketones is 1. The molecule has 0 atom stereocenters. The van der Waals surface area contributed by atoms with Crippen molar-refractivity contribution in [1.29, 1.82) is 0 Å². The normalized spacial score (nSPS) is 15.8. The maximum atomic E-state index is 13.0. The van der Waals surface area contributed by atoms with Crippen LogP contribution in [-0.4, -0.2) is 44.6 Å². The topological polar surface area (TPSA) is 83.5 Å². The predicted octanol–water partition coefficient (Wildman–Crippen LogP) is 3.00. The number of Topliss-reactive ketones (excluding diaryl/α,β-unsaturated/α-hetero) is 1. The Bertz CT molecular complexity index is 773. The van der Waals surface area contributed by atoms with Gasteiger partial charge in [0.1, 0.15) is 4.90 Å². The lowest BCUT2D eigenvalue weighted by Crippen LogP contribution is -2.38. The zero-order valence-electron chi connectivity index (χ0n) is 15.1. The fourth-order valence-electron chi connectivity index (χ4n) is 3.17. The van der Waals surface area contributed by atoms with Crippen LogP contribution in [0.25, 0.3) is 0 Å². The highest BCUT2D eigenvalue weighted by Gasteiger charge is 2.31. The monoisotopic (exact) mass is 400 g/mol. The fourth-order valence-corrected chi connectivity index (χ4v) is 5.08. The first-order valence-corrected chi connectivity index (χ1v) is 10.6. The molecule has 1 aliphatic carbocycles. The van der Waals surface area contributed by atoms with Gasteiger partial charge in [-0.1, -0.05) is 30.9 Å². The predicted molar refractivity (Wildman–Crippen MR) is 101 cm³/mol. The molecule has 2 rings (SSSR count). The summed E-state index contributed by atoms with van der Waals surface area (Å²) in [6, 6.07) is 4.20. The molecule has 0 aliphatic heterocycles. The van der Waals surface area contributed by atoms with Crippen LogP contribution < -0.4 is 5.32 Å². The summed E-state index contributed by atoms with van der Waals surface area (Å²) in [4.78, 5) is 23.5. The Labute approximate surface area is 160 Å². The van der Waals surface area contributed by atoms with Gasteiger partial charge in [-0.2, -0.15) is 4.31 Å². The fraction of sp³-hybridized carbons (Fsp3) is 0.556. The molecule has 6 nitrogen and oxygen atoms in total. The Morgan fingerprint density at radius 3 is 2.46 bits per heavy atom. The van der Waals surface area contributed by atoms with Crippen molar-refractivity contribution in [2.75, 3.05) is 14.1 Å². The molecule has 0 radical (unpaired) electrons. The molecule has 1 N–H and O–H groups in total. The smallest absolute Gasteiger partial charge is 0.244 e. The number of hydrogen-bond donors (Lipinski definition) is 1. The number of nitrogens with one attached hydrogen (secondary N) is 1. The van der Waals surface area contributed by atoms with Crippen molar-refractivity contribution in [3.05, 3.63) is 28.8 Å². The second-order valence-corrected chi connectivity index (χ2v) is 8.93. The minimum atomic E-state index is -3.79. The maximum absolute atomic E-state index is 13.0. The third-order valence-electron chi connectivity index (χ3n) is 4.86. The molecular weight excluding hydrogens is 376 g/mol. The van der Waals surface area contributed by atoms with Crippen LogP contribution in [0.2, 0.25) is 5.02 Å². The summed E-state index contributed by atoms with van der Waals surface area (Å²) >= 11 is 6.14. The molecule has 1 aliphatic rings. The summed E-state index contributed by atoms with van der Waals surface area (Å²) in [5.74, 6) is -0.528. The van der Waals surface area contributed by atoms with E-state index in [-0.39, 0.29) is 46.1 Å². The molecule has 144 valence electrons. The molecule has 0 heterocycles. The average molecular weight is 401 g/mol. The van der Waals surface area contributed by atoms with Crippen molar-refractivity contribution in [2.45, 2.75) is 55.9 Å². The lowest BCUT2D eigenvalue weighted by atomic mass is 9.96. The van der Waals surface area contributed by atoms with Gasteiger partial charge >= 0.3 is 0 Å². The Morgan fingerprint density at radius 2 is 1.85 bits per heavy atom. The number of hydrogen-bond acceptors (Lipinski definition) is 4. The number of nitrogens with zero attached hydrogens (tertiary/aromatic N) is 1. The number of benzene rings is 1. The Balaban J connectivity index is 2.24. The summed E-state index contributed by atoms with van der Waals surface area (Å²) in [7, 11) is -0.719. The molecule has 0 spiro atoms. The zero-order chi connectivity index (χ0) is 19.3.